The predicted molar refractivity (Wildman–Crippen MR) is 114 cm³/mol. The monoisotopic (exact) mass is 533 g/mol. The van der Waals surface area contributed by atoms with E-state index in [1.165, 1.54) is 42.5 Å². The first-order chi connectivity index (χ1) is 17.0. The molecule has 0 fully saturated rings. The van der Waals surface area contributed by atoms with Gasteiger partial charge in [0.1, 0.15) is 5.60 Å². The minimum absolute atomic E-state index is 0.00438. The SMILES string of the molecule is O=C(NC1=C(C(F)(F)C(F)(C(F)(F)F)C(F)(F)F)C=CC(O)(C#Cc2ccccc2)C1)c1ccccc1. The van der Waals surface area contributed by atoms with Crippen molar-refractivity contribution in [3.8, 4) is 11.8 Å². The van der Waals surface area contributed by atoms with E-state index in [9.17, 15) is 49.4 Å². The minimum atomic E-state index is -7.09. The highest BCUT2D eigenvalue weighted by Gasteiger charge is 2.85. The molecule has 12 heteroatoms. The average Bonchev–Trinajstić information content (AvgIpc) is 2.82. The van der Waals surface area contributed by atoms with E-state index < -0.39 is 53.1 Å². The lowest BCUT2D eigenvalue weighted by molar-refractivity contribution is -0.388. The van der Waals surface area contributed by atoms with Crippen LogP contribution in [0.25, 0.3) is 0 Å². The molecule has 1 unspecified atom stereocenters. The zero-order valence-electron chi connectivity index (χ0n) is 18.4. The lowest BCUT2D eigenvalue weighted by atomic mass is 9.81. The number of allylic oxidation sites excluding steroid dienone is 2. The van der Waals surface area contributed by atoms with Crippen molar-refractivity contribution in [2.24, 2.45) is 0 Å². The summed E-state index contributed by atoms with van der Waals surface area (Å²) in [5.41, 5.74) is -12.7. The highest BCUT2D eigenvalue weighted by atomic mass is 19.4. The molecule has 0 heterocycles. The molecule has 37 heavy (non-hydrogen) atoms. The van der Waals surface area contributed by atoms with E-state index in [1.54, 1.807) is 23.5 Å². The first-order valence-electron chi connectivity index (χ1n) is 10.3. The second-order valence-corrected chi connectivity index (χ2v) is 7.99. The Kier molecular flexibility index (Phi) is 7.25. The van der Waals surface area contributed by atoms with Gasteiger partial charge >= 0.3 is 23.9 Å². The number of amides is 1. The van der Waals surface area contributed by atoms with E-state index in [1.807, 2.05) is 0 Å². The molecule has 0 aliphatic heterocycles. The highest BCUT2D eigenvalue weighted by molar-refractivity contribution is 5.95. The van der Waals surface area contributed by atoms with Gasteiger partial charge in [0.2, 0.25) is 0 Å². The molecule has 0 radical (unpaired) electrons. The van der Waals surface area contributed by atoms with Gasteiger partial charge in [0, 0.05) is 28.8 Å². The summed E-state index contributed by atoms with van der Waals surface area (Å²) in [6, 6.07) is 14.3. The van der Waals surface area contributed by atoms with E-state index in [0.717, 1.165) is 0 Å². The van der Waals surface area contributed by atoms with Crippen LogP contribution in [-0.2, 0) is 0 Å². The number of carbonyl (C=O) groups excluding carboxylic acids is 1. The number of benzene rings is 2. The summed E-state index contributed by atoms with van der Waals surface area (Å²) >= 11 is 0. The molecule has 0 saturated carbocycles. The maximum absolute atomic E-state index is 15.0. The number of hydrogen-bond donors (Lipinski definition) is 2. The van der Waals surface area contributed by atoms with Crippen molar-refractivity contribution in [3.63, 3.8) is 0 Å². The Bertz CT molecular complexity index is 1260. The fourth-order valence-corrected chi connectivity index (χ4v) is 3.44. The number of nitrogens with one attached hydrogen (secondary N) is 1. The molecule has 2 aromatic carbocycles. The molecule has 196 valence electrons. The van der Waals surface area contributed by atoms with Crippen LogP contribution in [0.1, 0.15) is 22.3 Å². The van der Waals surface area contributed by atoms with Crippen molar-refractivity contribution in [2.45, 2.75) is 36.0 Å². The van der Waals surface area contributed by atoms with Crippen LogP contribution in [0, 0.1) is 11.8 Å². The fraction of sp³-hybridized carbons (Fsp3) is 0.240. The maximum Gasteiger partial charge on any atom is 0.438 e. The molecule has 0 aromatic heterocycles. The number of rotatable bonds is 4. The van der Waals surface area contributed by atoms with Crippen LogP contribution in [0.15, 0.2) is 84.1 Å². The van der Waals surface area contributed by atoms with Crippen LogP contribution >= 0.6 is 0 Å². The third-order valence-corrected chi connectivity index (χ3v) is 5.35. The van der Waals surface area contributed by atoms with Crippen molar-refractivity contribution < 1.29 is 49.4 Å². The van der Waals surface area contributed by atoms with Crippen LogP contribution in [0.2, 0.25) is 0 Å². The van der Waals surface area contributed by atoms with Gasteiger partial charge in [-0.2, -0.15) is 35.1 Å². The summed E-state index contributed by atoms with van der Waals surface area (Å²) < 4.78 is 124. The number of aliphatic hydroxyl groups is 1. The molecule has 1 amide bonds. The van der Waals surface area contributed by atoms with Crippen molar-refractivity contribution in [1.82, 2.24) is 5.32 Å². The molecule has 0 saturated heterocycles. The Morgan fingerprint density at radius 3 is 1.86 bits per heavy atom. The van der Waals surface area contributed by atoms with E-state index in [2.05, 4.69) is 11.8 Å². The largest absolute Gasteiger partial charge is 0.438 e. The van der Waals surface area contributed by atoms with Gasteiger partial charge in [0.15, 0.2) is 0 Å². The van der Waals surface area contributed by atoms with Crippen LogP contribution in [-0.4, -0.2) is 40.6 Å². The summed E-state index contributed by atoms with van der Waals surface area (Å²) in [6.07, 6.45) is -15.0. The van der Waals surface area contributed by atoms with E-state index in [4.69, 9.17) is 0 Å². The summed E-state index contributed by atoms with van der Waals surface area (Å²) in [5.74, 6) is -2.71. The van der Waals surface area contributed by atoms with Crippen molar-refractivity contribution in [2.75, 3.05) is 0 Å². The van der Waals surface area contributed by atoms with Gasteiger partial charge in [-0.1, -0.05) is 54.3 Å². The van der Waals surface area contributed by atoms with E-state index in [0.29, 0.717) is 11.6 Å². The molecule has 0 spiro atoms. The highest BCUT2D eigenvalue weighted by Crippen LogP contribution is 2.58. The molecule has 3 rings (SSSR count). The smallest absolute Gasteiger partial charge is 0.374 e. The lowest BCUT2D eigenvalue weighted by Crippen LogP contribution is -2.65. The van der Waals surface area contributed by atoms with Gasteiger partial charge in [0.25, 0.3) is 5.91 Å². The summed E-state index contributed by atoms with van der Waals surface area (Å²) in [7, 11) is 0. The Morgan fingerprint density at radius 1 is 0.838 bits per heavy atom. The van der Waals surface area contributed by atoms with Gasteiger partial charge in [-0.25, -0.2) is 4.39 Å². The zero-order valence-corrected chi connectivity index (χ0v) is 18.4. The van der Waals surface area contributed by atoms with E-state index in [-0.39, 0.29) is 11.6 Å². The third-order valence-electron chi connectivity index (χ3n) is 5.35. The first kappa shape index (κ1) is 27.9. The molecular weight excluding hydrogens is 517 g/mol. The van der Waals surface area contributed by atoms with Crippen LogP contribution < -0.4 is 5.32 Å². The molecule has 2 aromatic rings. The topological polar surface area (TPSA) is 49.3 Å². The van der Waals surface area contributed by atoms with Gasteiger partial charge in [-0.05, 0) is 30.3 Å². The molecule has 0 bridgehead atoms. The normalized spacial score (nSPS) is 18.8. The minimum Gasteiger partial charge on any atom is -0.374 e. The average molecular weight is 533 g/mol. The van der Waals surface area contributed by atoms with Crippen molar-refractivity contribution >= 4 is 5.91 Å². The quantitative estimate of drug-likeness (QED) is 0.381. The molecule has 2 N–H and O–H groups in total. The molecular formula is C25H16F9NO2. The van der Waals surface area contributed by atoms with Gasteiger partial charge in [-0.3, -0.25) is 4.79 Å². The lowest BCUT2D eigenvalue weighted by Gasteiger charge is -2.39. The van der Waals surface area contributed by atoms with Gasteiger partial charge in [-0.15, -0.1) is 0 Å². The fourth-order valence-electron chi connectivity index (χ4n) is 3.44. The number of halogens is 9. The summed E-state index contributed by atoms with van der Waals surface area (Å²) in [6.45, 7) is 0. The zero-order chi connectivity index (χ0) is 27.7. The summed E-state index contributed by atoms with van der Waals surface area (Å²) in [5, 5.41) is 12.6. The second kappa shape index (κ2) is 9.63. The molecule has 1 atom stereocenters. The maximum atomic E-state index is 15.0. The van der Waals surface area contributed by atoms with Gasteiger partial charge < -0.3 is 10.4 Å². The second-order valence-electron chi connectivity index (χ2n) is 7.99. The predicted octanol–water partition coefficient (Wildman–Crippen LogP) is 5.88. The molecule has 3 nitrogen and oxygen atoms in total. The van der Waals surface area contributed by atoms with Crippen LogP contribution in [0.5, 0.6) is 0 Å². The van der Waals surface area contributed by atoms with Crippen LogP contribution in [0.4, 0.5) is 39.5 Å². The van der Waals surface area contributed by atoms with Crippen molar-refractivity contribution in [1.29, 1.82) is 0 Å². The summed E-state index contributed by atoms with van der Waals surface area (Å²) in [4.78, 5) is 12.5. The number of hydrogen-bond acceptors (Lipinski definition) is 2. The Morgan fingerprint density at radius 2 is 1.35 bits per heavy atom. The molecule has 1 aliphatic carbocycles. The van der Waals surface area contributed by atoms with Crippen molar-refractivity contribution in [3.05, 3.63) is 95.2 Å². The van der Waals surface area contributed by atoms with Gasteiger partial charge in [0.05, 0.1) is 0 Å². The first-order valence-corrected chi connectivity index (χ1v) is 10.3. The standard InChI is InChI=1S/C25H16F9NO2/c26-22(27,23(28,24(29,30)31)25(32,33)34)18-12-14-21(37,13-11-16-7-3-1-4-8-16)15-19(18)35-20(36)17-9-5-2-6-10-17/h1-10,12,14,37H,15H2,(H,35,36). The van der Waals surface area contributed by atoms with E-state index >= 15 is 0 Å². The number of carbonyl (C=O) groups is 1. The number of alkyl halides is 9. The Hall–Kier alpha value is -3.72. The Labute approximate surface area is 204 Å². The molecule has 1 aliphatic rings. The Balaban J connectivity index is 2.15. The third kappa shape index (κ3) is 5.36. The van der Waals surface area contributed by atoms with Crippen LogP contribution in [0.3, 0.4) is 0 Å².